The Morgan fingerprint density at radius 1 is 0.952 bits per heavy atom. The zero-order valence-corrected chi connectivity index (χ0v) is 25.8. The molecule has 3 atom stereocenters. The molecule has 3 fully saturated rings. The number of para-hydroxylation sites is 1. The van der Waals surface area contributed by atoms with Gasteiger partial charge in [0.25, 0.3) is 0 Å². The molecule has 0 aromatic heterocycles. The maximum atomic E-state index is 13.3. The fraction of sp³-hybridized carbons (Fsp3) is 0.677. The molecule has 10 nitrogen and oxygen atoms in total. The van der Waals surface area contributed by atoms with Crippen LogP contribution in [0.3, 0.4) is 0 Å². The monoisotopic (exact) mass is 600 g/mol. The molecule has 4 N–H and O–H groups in total. The number of benzene rings is 1. The summed E-state index contributed by atoms with van der Waals surface area (Å²) in [6.45, 7) is 6.08. The number of amides is 5. The first-order valence-corrected chi connectivity index (χ1v) is 16.8. The highest BCUT2D eigenvalue weighted by molar-refractivity contribution is 8.00. The molecule has 0 aliphatic carbocycles. The predicted octanol–water partition coefficient (Wildman–Crippen LogP) is 3.02. The second-order valence-electron chi connectivity index (χ2n) is 11.6. The third kappa shape index (κ3) is 9.62. The Hall–Kier alpha value is -2.79. The quantitative estimate of drug-likeness (QED) is 0.171. The lowest BCUT2D eigenvalue weighted by Gasteiger charge is -2.38. The molecular formula is C31H48N6O4S. The average Bonchev–Trinajstić information content (AvgIpc) is 3.54. The number of carbonyl (C=O) groups excluding carboxylic acids is 4. The van der Waals surface area contributed by atoms with Crippen molar-refractivity contribution < 1.29 is 19.2 Å². The molecule has 3 heterocycles. The minimum Gasteiger partial charge on any atom is -0.354 e. The highest BCUT2D eigenvalue weighted by Gasteiger charge is 2.42. The van der Waals surface area contributed by atoms with Gasteiger partial charge in [0.1, 0.15) is 0 Å². The summed E-state index contributed by atoms with van der Waals surface area (Å²) in [5.74, 6) is 0.911. The predicted molar refractivity (Wildman–Crippen MR) is 168 cm³/mol. The van der Waals surface area contributed by atoms with Crippen LogP contribution in [0.5, 0.6) is 0 Å². The van der Waals surface area contributed by atoms with E-state index in [1.165, 1.54) is 0 Å². The molecule has 3 saturated heterocycles. The van der Waals surface area contributed by atoms with Crippen LogP contribution in [0.4, 0.5) is 10.5 Å². The summed E-state index contributed by atoms with van der Waals surface area (Å²) in [5, 5.41) is 12.1. The van der Waals surface area contributed by atoms with Crippen LogP contribution in [-0.4, -0.2) is 90.5 Å². The number of likely N-dealkylation sites (tertiary alicyclic amines) is 1. The van der Waals surface area contributed by atoms with Crippen molar-refractivity contribution in [2.45, 2.75) is 94.5 Å². The second-order valence-corrected chi connectivity index (χ2v) is 12.9. The SMILES string of the molecule is CCCN1CCC(N(C(=O)CCCC(=O)NCCNC(=O)CCCC[C@@H]2SC[C@@H]3NC(=O)N[C@@H]32)c2ccccc2)CC1. The van der Waals surface area contributed by atoms with Gasteiger partial charge in [-0.15, -0.1) is 0 Å². The molecule has 0 bridgehead atoms. The molecular weight excluding hydrogens is 552 g/mol. The fourth-order valence-electron chi connectivity index (χ4n) is 6.24. The molecule has 232 valence electrons. The van der Waals surface area contributed by atoms with Crippen LogP contribution in [-0.2, 0) is 14.4 Å². The van der Waals surface area contributed by atoms with Gasteiger partial charge in [-0.25, -0.2) is 4.79 Å². The van der Waals surface area contributed by atoms with E-state index in [0.717, 1.165) is 69.6 Å². The van der Waals surface area contributed by atoms with Crippen molar-refractivity contribution in [1.82, 2.24) is 26.2 Å². The Morgan fingerprint density at radius 2 is 1.64 bits per heavy atom. The third-order valence-corrected chi connectivity index (χ3v) is 9.92. The number of nitrogens with one attached hydrogen (secondary N) is 4. The van der Waals surface area contributed by atoms with E-state index in [9.17, 15) is 19.2 Å². The van der Waals surface area contributed by atoms with Crippen LogP contribution >= 0.6 is 11.8 Å². The van der Waals surface area contributed by atoms with Gasteiger partial charge in [-0.2, -0.15) is 11.8 Å². The molecule has 11 heteroatoms. The summed E-state index contributed by atoms with van der Waals surface area (Å²) in [5.41, 5.74) is 0.933. The van der Waals surface area contributed by atoms with E-state index >= 15 is 0 Å². The van der Waals surface area contributed by atoms with Gasteiger partial charge in [0.15, 0.2) is 0 Å². The largest absolute Gasteiger partial charge is 0.354 e. The van der Waals surface area contributed by atoms with Crippen LogP contribution in [0.2, 0.25) is 0 Å². The number of fused-ring (bicyclic) bond motifs is 1. The molecule has 0 saturated carbocycles. The molecule has 0 spiro atoms. The first-order valence-electron chi connectivity index (χ1n) is 15.8. The van der Waals surface area contributed by atoms with E-state index in [1.54, 1.807) is 0 Å². The van der Waals surface area contributed by atoms with Crippen LogP contribution in [0, 0.1) is 0 Å². The van der Waals surface area contributed by atoms with Gasteiger partial charge in [0, 0.05) is 68.2 Å². The Labute approximate surface area is 254 Å². The Bertz CT molecular complexity index is 1040. The van der Waals surface area contributed by atoms with Gasteiger partial charge < -0.3 is 31.1 Å². The van der Waals surface area contributed by atoms with Gasteiger partial charge in [0.2, 0.25) is 17.7 Å². The summed E-state index contributed by atoms with van der Waals surface area (Å²) >= 11 is 1.89. The van der Waals surface area contributed by atoms with Crippen LogP contribution in [0.1, 0.15) is 71.1 Å². The standard InChI is InChI=1S/C31H48N6O4S/c1-2-19-36-20-15-24(16-21-36)37(23-9-4-3-5-10-23)29(40)14-8-13-28(39)33-18-17-32-27(38)12-7-6-11-26-30-25(22-42-26)34-31(41)35-30/h3-5,9-10,24-26,30H,2,6-8,11-22H2,1H3,(H,32,38)(H,33,39)(H2,34,35,41)/t25-,26-,30-/m0/s1. The Morgan fingerprint density at radius 3 is 2.33 bits per heavy atom. The molecule has 0 unspecified atom stereocenters. The molecule has 1 aromatic carbocycles. The number of hydrogen-bond acceptors (Lipinski definition) is 6. The summed E-state index contributed by atoms with van der Waals surface area (Å²) in [6.07, 6.45) is 7.38. The number of carbonyl (C=O) groups is 4. The van der Waals surface area contributed by atoms with Gasteiger partial charge in [-0.1, -0.05) is 31.5 Å². The number of anilines is 1. The van der Waals surface area contributed by atoms with Crippen molar-refractivity contribution in [3.8, 4) is 0 Å². The van der Waals surface area contributed by atoms with Gasteiger partial charge in [0.05, 0.1) is 12.1 Å². The number of rotatable bonds is 16. The van der Waals surface area contributed by atoms with E-state index in [-0.39, 0.29) is 48.3 Å². The lowest BCUT2D eigenvalue weighted by Crippen LogP contribution is -2.47. The molecule has 5 amide bonds. The highest BCUT2D eigenvalue weighted by atomic mass is 32.2. The van der Waals surface area contributed by atoms with Crippen molar-refractivity contribution in [2.24, 2.45) is 0 Å². The Balaban J connectivity index is 1.06. The van der Waals surface area contributed by atoms with Crippen molar-refractivity contribution in [1.29, 1.82) is 0 Å². The average molecular weight is 601 g/mol. The molecule has 3 aliphatic heterocycles. The van der Waals surface area contributed by atoms with E-state index < -0.39 is 0 Å². The molecule has 3 aliphatic rings. The van der Waals surface area contributed by atoms with E-state index in [2.05, 4.69) is 33.1 Å². The summed E-state index contributed by atoms with van der Waals surface area (Å²) < 4.78 is 0. The zero-order valence-electron chi connectivity index (χ0n) is 24.9. The zero-order chi connectivity index (χ0) is 29.7. The summed E-state index contributed by atoms with van der Waals surface area (Å²) in [6, 6.07) is 10.4. The first-order chi connectivity index (χ1) is 20.4. The maximum absolute atomic E-state index is 13.3. The number of thioether (sulfide) groups is 1. The van der Waals surface area contributed by atoms with Crippen LogP contribution < -0.4 is 26.2 Å². The van der Waals surface area contributed by atoms with E-state index in [1.807, 2.05) is 47.0 Å². The molecule has 4 rings (SSSR count). The van der Waals surface area contributed by atoms with Gasteiger partial charge >= 0.3 is 6.03 Å². The number of nitrogens with zero attached hydrogens (tertiary/aromatic N) is 2. The lowest BCUT2D eigenvalue weighted by molar-refractivity contribution is -0.123. The number of unbranched alkanes of at least 4 members (excludes halogenated alkanes) is 1. The number of piperidine rings is 1. The normalized spacial score (nSPS) is 22.2. The second kappa shape index (κ2) is 16.7. The third-order valence-electron chi connectivity index (χ3n) is 8.41. The molecule has 0 radical (unpaired) electrons. The van der Waals surface area contributed by atoms with Crippen molar-refractivity contribution in [3.63, 3.8) is 0 Å². The summed E-state index contributed by atoms with van der Waals surface area (Å²) in [4.78, 5) is 53.8. The fourth-order valence-corrected chi connectivity index (χ4v) is 7.78. The highest BCUT2D eigenvalue weighted by Crippen LogP contribution is 2.33. The lowest BCUT2D eigenvalue weighted by atomic mass is 10.0. The maximum Gasteiger partial charge on any atom is 0.315 e. The first kappa shape index (κ1) is 32.1. The number of urea groups is 1. The van der Waals surface area contributed by atoms with E-state index in [0.29, 0.717) is 37.6 Å². The van der Waals surface area contributed by atoms with Crippen molar-refractivity contribution in [3.05, 3.63) is 30.3 Å². The van der Waals surface area contributed by atoms with Crippen molar-refractivity contribution in [2.75, 3.05) is 43.4 Å². The minimum atomic E-state index is -0.1000. The van der Waals surface area contributed by atoms with Crippen LogP contribution in [0.25, 0.3) is 0 Å². The topological polar surface area (TPSA) is 123 Å². The van der Waals surface area contributed by atoms with Crippen molar-refractivity contribution >= 4 is 41.2 Å². The Kier molecular flexibility index (Phi) is 12.8. The van der Waals surface area contributed by atoms with Gasteiger partial charge in [-0.3, -0.25) is 14.4 Å². The van der Waals surface area contributed by atoms with E-state index in [4.69, 9.17) is 0 Å². The number of hydrogen-bond donors (Lipinski definition) is 4. The van der Waals surface area contributed by atoms with Crippen LogP contribution in [0.15, 0.2) is 30.3 Å². The summed E-state index contributed by atoms with van der Waals surface area (Å²) in [7, 11) is 0. The minimum absolute atomic E-state index is 0.0100. The van der Waals surface area contributed by atoms with Gasteiger partial charge in [-0.05, 0) is 57.2 Å². The molecule has 1 aromatic rings. The molecule has 42 heavy (non-hydrogen) atoms. The smallest absolute Gasteiger partial charge is 0.315 e.